The molecule has 1 atom stereocenters. The third-order valence-corrected chi connectivity index (χ3v) is 6.84. The molecule has 0 radical (unpaired) electrons. The number of fused-ring (bicyclic) bond motifs is 3. The number of nitrogens with one attached hydrogen (secondary N) is 2. The van der Waals surface area contributed by atoms with Crippen LogP contribution in [-0.4, -0.2) is 36.2 Å². The number of carbonyl (C=O) groups excluding carboxylic acids is 2. The number of anilines is 1. The zero-order valence-corrected chi connectivity index (χ0v) is 21.2. The number of amides is 2. The molecular weight excluding hydrogens is 559 g/mol. The number of rotatable bonds is 8. The number of carbonyl (C=O) groups is 3. The van der Waals surface area contributed by atoms with E-state index >= 15 is 0 Å². The van der Waals surface area contributed by atoms with Crippen LogP contribution in [0, 0.1) is 9.49 Å². The Balaban J connectivity index is 1.35. The fraction of sp³-hybridized carbons (Fsp3) is 0.222. The van der Waals surface area contributed by atoms with E-state index in [9.17, 15) is 14.4 Å². The number of aliphatic carboxylic acids is 1. The summed E-state index contributed by atoms with van der Waals surface area (Å²) in [5.41, 5.74) is 5.58. The van der Waals surface area contributed by atoms with Gasteiger partial charge in [0.05, 0.1) is 5.69 Å². The van der Waals surface area contributed by atoms with Gasteiger partial charge in [-0.2, -0.15) is 0 Å². The van der Waals surface area contributed by atoms with Crippen molar-refractivity contribution in [3.63, 3.8) is 0 Å². The van der Waals surface area contributed by atoms with Crippen molar-refractivity contribution in [3.8, 4) is 11.1 Å². The zero-order valence-electron chi connectivity index (χ0n) is 19.1. The van der Waals surface area contributed by atoms with E-state index in [0.29, 0.717) is 14.8 Å². The quantitative estimate of drug-likeness (QED) is 0.304. The van der Waals surface area contributed by atoms with Crippen molar-refractivity contribution in [2.45, 2.75) is 19.3 Å². The van der Waals surface area contributed by atoms with E-state index in [4.69, 9.17) is 9.84 Å². The number of halogens is 1. The van der Waals surface area contributed by atoms with E-state index < -0.39 is 12.1 Å². The highest BCUT2D eigenvalue weighted by atomic mass is 127. The van der Waals surface area contributed by atoms with Gasteiger partial charge in [0.15, 0.2) is 0 Å². The number of ether oxygens (including phenoxy) is 1. The SMILES string of the molecule is CC(CNC(=O)c1ccc(NC(=O)OCC2c3ccccc3-c3ccccc32)c(I)c1)CC(=O)O. The predicted molar refractivity (Wildman–Crippen MR) is 142 cm³/mol. The minimum atomic E-state index is -0.898. The second-order valence-corrected chi connectivity index (χ2v) is 9.72. The molecule has 0 spiro atoms. The maximum absolute atomic E-state index is 12.6. The molecule has 0 heterocycles. The third kappa shape index (κ3) is 5.82. The topological polar surface area (TPSA) is 105 Å². The van der Waals surface area contributed by atoms with Gasteiger partial charge in [0.2, 0.25) is 0 Å². The van der Waals surface area contributed by atoms with Crippen LogP contribution in [-0.2, 0) is 9.53 Å². The first kappa shape index (κ1) is 24.7. The van der Waals surface area contributed by atoms with Gasteiger partial charge in [-0.3, -0.25) is 14.9 Å². The molecule has 3 N–H and O–H groups in total. The van der Waals surface area contributed by atoms with Crippen molar-refractivity contribution >= 4 is 46.2 Å². The molecule has 3 aromatic rings. The van der Waals surface area contributed by atoms with Gasteiger partial charge in [0.1, 0.15) is 6.61 Å². The van der Waals surface area contributed by atoms with Crippen molar-refractivity contribution in [3.05, 3.63) is 87.0 Å². The lowest BCUT2D eigenvalue weighted by molar-refractivity contribution is -0.137. The van der Waals surface area contributed by atoms with Crippen LogP contribution in [0.1, 0.15) is 40.7 Å². The minimum absolute atomic E-state index is 0.0131. The molecule has 8 heteroatoms. The smallest absolute Gasteiger partial charge is 0.411 e. The summed E-state index contributed by atoms with van der Waals surface area (Å²) in [5, 5.41) is 14.3. The molecule has 0 saturated heterocycles. The second kappa shape index (κ2) is 10.9. The highest BCUT2D eigenvalue weighted by Gasteiger charge is 2.29. The molecule has 4 rings (SSSR count). The summed E-state index contributed by atoms with van der Waals surface area (Å²) in [6.07, 6.45) is -0.578. The molecule has 3 aromatic carbocycles. The molecule has 1 unspecified atom stereocenters. The van der Waals surface area contributed by atoms with Crippen LogP contribution in [0.5, 0.6) is 0 Å². The van der Waals surface area contributed by atoms with E-state index in [1.165, 1.54) is 0 Å². The monoisotopic (exact) mass is 584 g/mol. The first-order valence-corrected chi connectivity index (χ1v) is 12.3. The molecule has 0 bridgehead atoms. The lowest BCUT2D eigenvalue weighted by Gasteiger charge is -2.15. The summed E-state index contributed by atoms with van der Waals surface area (Å²) in [7, 11) is 0. The molecular formula is C27H25IN2O5. The van der Waals surface area contributed by atoms with Gasteiger partial charge in [-0.05, 0) is 69.0 Å². The van der Waals surface area contributed by atoms with Crippen LogP contribution in [0.4, 0.5) is 10.5 Å². The fourth-order valence-corrected chi connectivity index (χ4v) is 4.89. The van der Waals surface area contributed by atoms with Crippen LogP contribution >= 0.6 is 22.6 Å². The van der Waals surface area contributed by atoms with E-state index in [-0.39, 0.29) is 37.3 Å². The number of carboxylic acid groups (broad SMARTS) is 1. The van der Waals surface area contributed by atoms with E-state index in [0.717, 1.165) is 22.3 Å². The Labute approximate surface area is 217 Å². The van der Waals surface area contributed by atoms with E-state index in [1.54, 1.807) is 25.1 Å². The van der Waals surface area contributed by atoms with Crippen molar-refractivity contribution in [1.82, 2.24) is 5.32 Å². The van der Waals surface area contributed by atoms with E-state index in [2.05, 4.69) is 34.9 Å². The van der Waals surface area contributed by atoms with Gasteiger partial charge >= 0.3 is 12.1 Å². The van der Waals surface area contributed by atoms with Gasteiger partial charge in [-0.15, -0.1) is 0 Å². The van der Waals surface area contributed by atoms with Crippen molar-refractivity contribution in [2.75, 3.05) is 18.5 Å². The third-order valence-electron chi connectivity index (χ3n) is 5.95. The molecule has 7 nitrogen and oxygen atoms in total. The Kier molecular flexibility index (Phi) is 7.70. The summed E-state index contributed by atoms with van der Waals surface area (Å²) in [6.45, 7) is 2.24. The van der Waals surface area contributed by atoms with Crippen LogP contribution in [0.3, 0.4) is 0 Å². The number of hydrogen-bond donors (Lipinski definition) is 3. The van der Waals surface area contributed by atoms with Crippen molar-refractivity contribution < 1.29 is 24.2 Å². The highest BCUT2D eigenvalue weighted by Crippen LogP contribution is 2.44. The minimum Gasteiger partial charge on any atom is -0.481 e. The first-order valence-electron chi connectivity index (χ1n) is 11.2. The van der Waals surface area contributed by atoms with E-state index in [1.807, 2.05) is 46.9 Å². The van der Waals surface area contributed by atoms with Gasteiger partial charge in [0.25, 0.3) is 5.91 Å². The second-order valence-electron chi connectivity index (χ2n) is 8.56. The first-order chi connectivity index (χ1) is 16.8. The average Bonchev–Trinajstić information content (AvgIpc) is 3.16. The summed E-state index contributed by atoms with van der Waals surface area (Å²) >= 11 is 2.05. The molecule has 2 amide bonds. The average molecular weight is 584 g/mol. The molecule has 35 heavy (non-hydrogen) atoms. The molecule has 0 saturated carbocycles. The fourth-order valence-electron chi connectivity index (χ4n) is 4.24. The predicted octanol–water partition coefficient (Wildman–Crippen LogP) is 5.49. The Morgan fingerprint density at radius 1 is 1.00 bits per heavy atom. The van der Waals surface area contributed by atoms with Crippen molar-refractivity contribution in [1.29, 1.82) is 0 Å². The lowest BCUT2D eigenvalue weighted by Crippen LogP contribution is -2.29. The largest absolute Gasteiger partial charge is 0.481 e. The Bertz CT molecular complexity index is 1230. The zero-order chi connectivity index (χ0) is 24.9. The highest BCUT2D eigenvalue weighted by molar-refractivity contribution is 14.1. The summed E-state index contributed by atoms with van der Waals surface area (Å²) in [4.78, 5) is 35.7. The van der Waals surface area contributed by atoms with Gasteiger partial charge < -0.3 is 15.2 Å². The summed E-state index contributed by atoms with van der Waals surface area (Å²) < 4.78 is 6.27. The van der Waals surface area contributed by atoms with Crippen LogP contribution < -0.4 is 10.6 Å². The number of hydrogen-bond acceptors (Lipinski definition) is 4. The van der Waals surface area contributed by atoms with Crippen LogP contribution in [0.15, 0.2) is 66.7 Å². The molecule has 180 valence electrons. The number of benzene rings is 3. The van der Waals surface area contributed by atoms with Gasteiger partial charge in [0, 0.05) is 28.0 Å². The van der Waals surface area contributed by atoms with Crippen molar-refractivity contribution in [2.24, 2.45) is 5.92 Å². The maximum Gasteiger partial charge on any atom is 0.411 e. The van der Waals surface area contributed by atoms with Gasteiger partial charge in [-0.1, -0.05) is 55.5 Å². The summed E-state index contributed by atoms with van der Waals surface area (Å²) in [6, 6.07) is 21.2. The normalized spacial score (nSPS) is 12.9. The van der Waals surface area contributed by atoms with Crippen LogP contribution in [0.25, 0.3) is 11.1 Å². The standard InChI is InChI=1S/C27H25IN2O5/c1-16(12-25(31)32)14-29-26(33)17-10-11-24(23(28)13-17)30-27(34)35-15-22-20-8-4-2-6-18(20)19-7-3-5-9-21(19)22/h2-11,13,16,22H,12,14-15H2,1H3,(H,29,33)(H,30,34)(H,31,32). The lowest BCUT2D eigenvalue weighted by atomic mass is 9.98. The molecule has 0 aliphatic heterocycles. The van der Waals surface area contributed by atoms with Gasteiger partial charge in [-0.25, -0.2) is 4.79 Å². The molecule has 0 fully saturated rings. The summed E-state index contributed by atoms with van der Waals surface area (Å²) in [5.74, 6) is -1.40. The molecule has 0 aromatic heterocycles. The Morgan fingerprint density at radius 2 is 1.63 bits per heavy atom. The molecule has 1 aliphatic carbocycles. The Morgan fingerprint density at radius 3 is 2.23 bits per heavy atom. The molecule has 1 aliphatic rings. The van der Waals surface area contributed by atoms with Crippen LogP contribution in [0.2, 0.25) is 0 Å². The maximum atomic E-state index is 12.6. The Hall–Kier alpha value is -3.40. The number of carboxylic acids is 1.